The molecule has 0 fully saturated rings. The van der Waals surface area contributed by atoms with Crippen molar-refractivity contribution in [2.45, 2.75) is 5.16 Å². The Labute approximate surface area is 164 Å². The average molecular weight is 407 g/mol. The molecule has 1 aromatic heterocycles. The Bertz CT molecular complexity index is 962. The fourth-order valence-electron chi connectivity index (χ4n) is 2.36. The van der Waals surface area contributed by atoms with E-state index >= 15 is 0 Å². The number of hydrogen-bond donors (Lipinski definition) is 1. The van der Waals surface area contributed by atoms with Gasteiger partial charge in [0.15, 0.2) is 11.0 Å². The van der Waals surface area contributed by atoms with Gasteiger partial charge in [-0.05, 0) is 42.5 Å². The first kappa shape index (κ1) is 19.2. The molecule has 3 aromatic rings. The lowest BCUT2D eigenvalue weighted by molar-refractivity contribution is -0.113. The van der Waals surface area contributed by atoms with E-state index in [9.17, 15) is 9.18 Å². The van der Waals surface area contributed by atoms with Gasteiger partial charge in [-0.3, -0.25) is 4.79 Å². The monoisotopic (exact) mass is 406 g/mol. The highest BCUT2D eigenvalue weighted by Gasteiger charge is 2.13. The molecule has 1 heterocycles. The molecule has 0 aliphatic heterocycles. The Balaban J connectivity index is 1.62. The second-order valence-electron chi connectivity index (χ2n) is 5.56. The average Bonchev–Trinajstić information content (AvgIpc) is 3.01. The van der Waals surface area contributed by atoms with Crippen molar-refractivity contribution in [3.8, 4) is 17.1 Å². The van der Waals surface area contributed by atoms with E-state index in [1.807, 2.05) is 0 Å². The van der Waals surface area contributed by atoms with Crippen molar-refractivity contribution in [1.29, 1.82) is 0 Å². The van der Waals surface area contributed by atoms with Crippen LogP contribution in [0.5, 0.6) is 5.75 Å². The molecule has 0 aliphatic rings. The number of amides is 1. The zero-order valence-corrected chi connectivity index (χ0v) is 16.1. The predicted molar refractivity (Wildman–Crippen MR) is 104 cm³/mol. The van der Waals surface area contributed by atoms with Crippen LogP contribution in [0.2, 0.25) is 5.02 Å². The first-order valence-corrected chi connectivity index (χ1v) is 9.26. The highest BCUT2D eigenvalue weighted by atomic mass is 35.5. The van der Waals surface area contributed by atoms with E-state index in [0.29, 0.717) is 27.4 Å². The molecule has 0 spiro atoms. The maximum absolute atomic E-state index is 13.1. The Kier molecular flexibility index (Phi) is 5.98. The summed E-state index contributed by atoms with van der Waals surface area (Å²) in [5.41, 5.74) is 1.33. The Hall–Kier alpha value is -2.58. The van der Waals surface area contributed by atoms with Gasteiger partial charge in [-0.1, -0.05) is 23.4 Å². The summed E-state index contributed by atoms with van der Waals surface area (Å²) in [4.78, 5) is 12.2. The normalized spacial score (nSPS) is 10.7. The second-order valence-corrected chi connectivity index (χ2v) is 6.91. The van der Waals surface area contributed by atoms with Crippen LogP contribution < -0.4 is 10.1 Å². The minimum absolute atomic E-state index is 0.152. The van der Waals surface area contributed by atoms with Crippen LogP contribution in [0.3, 0.4) is 0 Å². The van der Waals surface area contributed by atoms with Crippen molar-refractivity contribution in [1.82, 2.24) is 14.8 Å². The summed E-state index contributed by atoms with van der Waals surface area (Å²) in [7, 11) is 3.32. The van der Waals surface area contributed by atoms with Crippen molar-refractivity contribution >= 4 is 35.0 Å². The van der Waals surface area contributed by atoms with Gasteiger partial charge >= 0.3 is 0 Å². The van der Waals surface area contributed by atoms with Crippen LogP contribution in [0, 0.1) is 5.82 Å². The molecule has 27 heavy (non-hydrogen) atoms. The van der Waals surface area contributed by atoms with Crippen molar-refractivity contribution in [2.24, 2.45) is 7.05 Å². The maximum Gasteiger partial charge on any atom is 0.234 e. The third-order valence-electron chi connectivity index (χ3n) is 3.71. The topological polar surface area (TPSA) is 69.0 Å². The van der Waals surface area contributed by atoms with Crippen LogP contribution in [0.15, 0.2) is 47.6 Å². The van der Waals surface area contributed by atoms with Gasteiger partial charge in [-0.15, -0.1) is 10.2 Å². The molecule has 0 atom stereocenters. The molecule has 0 unspecified atom stereocenters. The summed E-state index contributed by atoms with van der Waals surface area (Å²) in [5, 5.41) is 12.0. The standard InChI is InChI=1S/C18H16ClFN4O2S/c1-24-17(11-3-5-12(20)6-4-11)22-23-18(24)27-10-16(25)21-13-7-8-15(26-2)14(19)9-13/h3-9H,10H2,1-2H3,(H,21,25). The van der Waals surface area contributed by atoms with Crippen molar-refractivity contribution in [2.75, 3.05) is 18.2 Å². The highest BCUT2D eigenvalue weighted by Crippen LogP contribution is 2.27. The Morgan fingerprint density at radius 1 is 1.26 bits per heavy atom. The van der Waals surface area contributed by atoms with Gasteiger partial charge in [0.2, 0.25) is 5.91 Å². The minimum Gasteiger partial charge on any atom is -0.495 e. The molecule has 0 bridgehead atoms. The number of anilines is 1. The largest absolute Gasteiger partial charge is 0.495 e. The molecular weight excluding hydrogens is 391 g/mol. The number of thioether (sulfide) groups is 1. The summed E-state index contributed by atoms with van der Waals surface area (Å²) in [5.74, 6) is 0.772. The van der Waals surface area contributed by atoms with Crippen LogP contribution in [0.25, 0.3) is 11.4 Å². The molecule has 6 nitrogen and oxygen atoms in total. The number of rotatable bonds is 6. The van der Waals surface area contributed by atoms with Crippen LogP contribution in [-0.4, -0.2) is 33.5 Å². The number of halogens is 2. The van der Waals surface area contributed by atoms with E-state index in [0.717, 1.165) is 5.56 Å². The fourth-order valence-corrected chi connectivity index (χ4v) is 3.33. The van der Waals surface area contributed by atoms with Gasteiger partial charge in [0.25, 0.3) is 0 Å². The number of benzene rings is 2. The van der Waals surface area contributed by atoms with Crippen LogP contribution in [0.4, 0.5) is 10.1 Å². The van der Waals surface area contributed by atoms with Crippen LogP contribution >= 0.6 is 23.4 Å². The summed E-state index contributed by atoms with van der Waals surface area (Å²) < 4.78 is 19.9. The fraction of sp³-hybridized carbons (Fsp3) is 0.167. The SMILES string of the molecule is COc1ccc(NC(=O)CSc2nnc(-c3ccc(F)cc3)n2C)cc1Cl. The molecule has 9 heteroatoms. The molecular formula is C18H16ClFN4O2S. The zero-order valence-electron chi connectivity index (χ0n) is 14.6. The summed E-state index contributed by atoms with van der Waals surface area (Å²) >= 11 is 7.30. The first-order chi connectivity index (χ1) is 13.0. The Morgan fingerprint density at radius 3 is 2.67 bits per heavy atom. The molecule has 0 radical (unpaired) electrons. The van der Waals surface area contributed by atoms with E-state index in [1.165, 1.54) is 31.0 Å². The number of methoxy groups -OCH3 is 1. The van der Waals surface area contributed by atoms with Crippen LogP contribution in [-0.2, 0) is 11.8 Å². The van der Waals surface area contributed by atoms with E-state index in [1.54, 1.807) is 41.9 Å². The Morgan fingerprint density at radius 2 is 2.00 bits per heavy atom. The van der Waals surface area contributed by atoms with Gasteiger partial charge in [0.1, 0.15) is 11.6 Å². The number of ether oxygens (including phenoxy) is 1. The van der Waals surface area contributed by atoms with Crippen molar-refractivity contribution in [3.05, 3.63) is 53.3 Å². The first-order valence-electron chi connectivity index (χ1n) is 7.89. The van der Waals surface area contributed by atoms with E-state index in [4.69, 9.17) is 16.3 Å². The lowest BCUT2D eigenvalue weighted by Gasteiger charge is -2.08. The molecule has 0 saturated carbocycles. The smallest absolute Gasteiger partial charge is 0.234 e. The number of hydrogen-bond acceptors (Lipinski definition) is 5. The zero-order chi connectivity index (χ0) is 19.4. The van der Waals surface area contributed by atoms with Crippen molar-refractivity contribution in [3.63, 3.8) is 0 Å². The summed E-state index contributed by atoms with van der Waals surface area (Å²) in [6.07, 6.45) is 0. The number of nitrogens with zero attached hydrogens (tertiary/aromatic N) is 3. The quantitative estimate of drug-likeness (QED) is 0.626. The molecule has 2 aromatic carbocycles. The lowest BCUT2D eigenvalue weighted by Crippen LogP contribution is -2.14. The van der Waals surface area contributed by atoms with Gasteiger partial charge in [0, 0.05) is 18.3 Å². The second kappa shape index (κ2) is 8.41. The number of nitrogens with one attached hydrogen (secondary N) is 1. The number of carbonyl (C=O) groups excluding carboxylic acids is 1. The van der Waals surface area contributed by atoms with E-state index in [-0.39, 0.29) is 17.5 Å². The molecule has 1 amide bonds. The predicted octanol–water partition coefficient (Wildman–Crippen LogP) is 4.01. The summed E-state index contributed by atoms with van der Waals surface area (Å²) in [6.45, 7) is 0. The summed E-state index contributed by atoms with van der Waals surface area (Å²) in [6, 6.07) is 11.0. The van der Waals surface area contributed by atoms with E-state index in [2.05, 4.69) is 15.5 Å². The van der Waals surface area contributed by atoms with Crippen LogP contribution in [0.1, 0.15) is 0 Å². The lowest BCUT2D eigenvalue weighted by atomic mass is 10.2. The minimum atomic E-state index is -0.314. The van der Waals surface area contributed by atoms with Gasteiger partial charge in [-0.25, -0.2) is 4.39 Å². The third-order valence-corrected chi connectivity index (χ3v) is 5.02. The molecule has 0 saturated heterocycles. The number of aromatic nitrogens is 3. The number of carbonyl (C=O) groups is 1. The van der Waals surface area contributed by atoms with Gasteiger partial charge in [0.05, 0.1) is 17.9 Å². The third kappa shape index (κ3) is 4.58. The molecule has 0 aliphatic carbocycles. The maximum atomic E-state index is 13.1. The van der Waals surface area contributed by atoms with Crippen molar-refractivity contribution < 1.29 is 13.9 Å². The molecule has 1 N–H and O–H groups in total. The highest BCUT2D eigenvalue weighted by molar-refractivity contribution is 7.99. The van der Waals surface area contributed by atoms with Gasteiger partial charge in [-0.2, -0.15) is 0 Å². The van der Waals surface area contributed by atoms with E-state index < -0.39 is 0 Å². The van der Waals surface area contributed by atoms with Gasteiger partial charge < -0.3 is 14.6 Å². The molecule has 140 valence electrons. The molecule has 3 rings (SSSR count).